The minimum Gasteiger partial charge on any atom is -0.343 e. The molecule has 0 radical (unpaired) electrons. The molecule has 0 aliphatic carbocycles. The third-order valence-corrected chi connectivity index (χ3v) is 5.47. The number of benzene rings is 1. The molecule has 2 saturated heterocycles. The maximum Gasteiger partial charge on any atom is 0.240 e. The minimum absolute atomic E-state index is 0.0949. The van der Waals surface area contributed by atoms with Gasteiger partial charge in [-0.25, -0.2) is 4.39 Å². The molecule has 2 heterocycles. The lowest BCUT2D eigenvalue weighted by Crippen LogP contribution is -2.44. The first-order valence-electron chi connectivity index (χ1n) is 9.37. The molecule has 6 nitrogen and oxygen atoms in total. The van der Waals surface area contributed by atoms with Crippen LogP contribution in [0.25, 0.3) is 0 Å². The molecule has 27 heavy (non-hydrogen) atoms. The van der Waals surface area contributed by atoms with E-state index in [0.29, 0.717) is 25.2 Å². The fourth-order valence-electron chi connectivity index (χ4n) is 3.92. The Morgan fingerprint density at radius 2 is 1.93 bits per heavy atom. The van der Waals surface area contributed by atoms with Gasteiger partial charge >= 0.3 is 0 Å². The van der Waals surface area contributed by atoms with Gasteiger partial charge in [0, 0.05) is 39.0 Å². The average Bonchev–Trinajstić information content (AvgIpc) is 3.22. The van der Waals surface area contributed by atoms with Crippen LogP contribution in [0.5, 0.6) is 0 Å². The number of likely N-dealkylation sites (N-methyl/N-ethyl adjacent to an activating group) is 1. The zero-order valence-electron chi connectivity index (χ0n) is 15.9. The Hall–Kier alpha value is -2.28. The van der Waals surface area contributed by atoms with Crippen LogP contribution in [0.1, 0.15) is 31.2 Å². The lowest BCUT2D eigenvalue weighted by Gasteiger charge is -2.29. The van der Waals surface area contributed by atoms with Crippen molar-refractivity contribution in [1.29, 1.82) is 0 Å². The summed E-state index contributed by atoms with van der Waals surface area (Å²) in [6.45, 7) is 2.14. The molecule has 2 aliphatic rings. The molecule has 146 valence electrons. The predicted octanol–water partition coefficient (Wildman–Crippen LogP) is 1.40. The van der Waals surface area contributed by atoms with Crippen LogP contribution in [-0.2, 0) is 19.8 Å². The maximum atomic E-state index is 13.9. The second-order valence-electron chi connectivity index (χ2n) is 7.69. The smallest absolute Gasteiger partial charge is 0.240 e. The monoisotopic (exact) mass is 375 g/mol. The van der Waals surface area contributed by atoms with Gasteiger partial charge in [-0.15, -0.1) is 0 Å². The van der Waals surface area contributed by atoms with Crippen molar-refractivity contribution in [2.24, 2.45) is 0 Å². The van der Waals surface area contributed by atoms with E-state index in [1.807, 2.05) is 19.0 Å². The zero-order valence-corrected chi connectivity index (χ0v) is 15.9. The molecule has 0 N–H and O–H groups in total. The molecule has 0 aromatic heterocycles. The van der Waals surface area contributed by atoms with E-state index in [1.54, 1.807) is 11.0 Å². The fourth-order valence-corrected chi connectivity index (χ4v) is 3.92. The van der Waals surface area contributed by atoms with Gasteiger partial charge in [0.1, 0.15) is 5.82 Å². The van der Waals surface area contributed by atoms with Gasteiger partial charge in [0.25, 0.3) is 0 Å². The molecule has 2 aliphatic heterocycles. The van der Waals surface area contributed by atoms with Gasteiger partial charge in [-0.05, 0) is 44.6 Å². The van der Waals surface area contributed by atoms with Gasteiger partial charge in [0.15, 0.2) is 0 Å². The van der Waals surface area contributed by atoms with Gasteiger partial charge < -0.3 is 9.80 Å². The number of nitrogens with zero attached hydrogens (tertiary/aromatic N) is 3. The van der Waals surface area contributed by atoms with Gasteiger partial charge in [0.2, 0.25) is 17.7 Å². The number of halogens is 1. The molecule has 2 fully saturated rings. The number of hydrogen-bond donors (Lipinski definition) is 0. The summed E-state index contributed by atoms with van der Waals surface area (Å²) in [5, 5.41) is 0. The molecule has 0 spiro atoms. The van der Waals surface area contributed by atoms with Gasteiger partial charge in [-0.1, -0.05) is 12.1 Å². The molecule has 3 rings (SSSR count). The van der Waals surface area contributed by atoms with Crippen LogP contribution >= 0.6 is 0 Å². The Kier molecular flexibility index (Phi) is 5.60. The molecule has 1 aromatic rings. The molecular formula is C20H26FN3O3. The van der Waals surface area contributed by atoms with Crippen LogP contribution in [0.15, 0.2) is 24.3 Å². The second-order valence-corrected chi connectivity index (χ2v) is 7.69. The Balaban J connectivity index is 1.94. The van der Waals surface area contributed by atoms with Gasteiger partial charge in [-0.2, -0.15) is 0 Å². The summed E-state index contributed by atoms with van der Waals surface area (Å²) >= 11 is 0. The Bertz CT molecular complexity index is 746. The van der Waals surface area contributed by atoms with E-state index < -0.39 is 17.1 Å². The molecule has 0 unspecified atom stereocenters. The molecule has 0 bridgehead atoms. The van der Waals surface area contributed by atoms with Crippen molar-refractivity contribution >= 4 is 17.7 Å². The standard InChI is InChI=1S/C20H26FN3O3/c1-22(2)10-11-24-18(26)14-20(19(24)27,15-6-5-7-16(21)12-15)13-17(25)23-8-3-4-9-23/h5-7,12H,3-4,8-11,13-14H2,1-2H3/t20-/m1/s1. The van der Waals surface area contributed by atoms with Gasteiger partial charge in [0.05, 0.1) is 5.41 Å². The highest BCUT2D eigenvalue weighted by Gasteiger charge is 2.54. The molecule has 7 heteroatoms. The number of carbonyl (C=O) groups excluding carboxylic acids is 3. The summed E-state index contributed by atoms with van der Waals surface area (Å²) in [4.78, 5) is 43.6. The highest BCUT2D eigenvalue weighted by Crippen LogP contribution is 2.40. The number of imide groups is 1. The summed E-state index contributed by atoms with van der Waals surface area (Å²) < 4.78 is 13.9. The van der Waals surface area contributed by atoms with E-state index in [0.717, 1.165) is 12.8 Å². The molecule has 1 aromatic carbocycles. The highest BCUT2D eigenvalue weighted by atomic mass is 19.1. The third-order valence-electron chi connectivity index (χ3n) is 5.47. The topological polar surface area (TPSA) is 60.9 Å². The summed E-state index contributed by atoms with van der Waals surface area (Å²) in [6.07, 6.45) is 1.70. The number of amides is 3. The molecular weight excluding hydrogens is 349 g/mol. The quantitative estimate of drug-likeness (QED) is 0.705. The van der Waals surface area contributed by atoms with E-state index in [-0.39, 0.29) is 31.2 Å². The highest BCUT2D eigenvalue weighted by molar-refractivity contribution is 6.10. The van der Waals surface area contributed by atoms with E-state index >= 15 is 0 Å². The maximum absolute atomic E-state index is 13.9. The number of hydrogen-bond acceptors (Lipinski definition) is 4. The van der Waals surface area contributed by atoms with Crippen molar-refractivity contribution in [3.05, 3.63) is 35.6 Å². The first-order valence-corrected chi connectivity index (χ1v) is 9.37. The van der Waals surface area contributed by atoms with Crippen LogP contribution in [0.2, 0.25) is 0 Å². The Labute approximate surface area is 158 Å². The fraction of sp³-hybridized carbons (Fsp3) is 0.550. The summed E-state index contributed by atoms with van der Waals surface area (Å²) in [6, 6.07) is 5.73. The minimum atomic E-state index is -1.31. The number of carbonyl (C=O) groups is 3. The van der Waals surface area contributed by atoms with Crippen molar-refractivity contribution in [1.82, 2.24) is 14.7 Å². The summed E-state index contributed by atoms with van der Waals surface area (Å²) in [5.74, 6) is -1.33. The van der Waals surface area contributed by atoms with Crippen molar-refractivity contribution in [3.8, 4) is 0 Å². The number of rotatable bonds is 6. The second kappa shape index (κ2) is 7.76. The van der Waals surface area contributed by atoms with Crippen LogP contribution < -0.4 is 0 Å². The van der Waals surface area contributed by atoms with E-state index in [1.165, 1.54) is 23.1 Å². The van der Waals surface area contributed by atoms with Crippen molar-refractivity contribution in [3.63, 3.8) is 0 Å². The van der Waals surface area contributed by atoms with Crippen LogP contribution in [0.3, 0.4) is 0 Å². The SMILES string of the molecule is CN(C)CCN1C(=O)C[C@](CC(=O)N2CCCC2)(c2cccc(F)c2)C1=O. The van der Waals surface area contributed by atoms with E-state index in [9.17, 15) is 18.8 Å². The largest absolute Gasteiger partial charge is 0.343 e. The normalized spacial score (nSPS) is 23.0. The summed E-state index contributed by atoms with van der Waals surface area (Å²) in [7, 11) is 3.73. The summed E-state index contributed by atoms with van der Waals surface area (Å²) in [5.41, 5.74) is -0.911. The Morgan fingerprint density at radius 3 is 2.56 bits per heavy atom. The third kappa shape index (κ3) is 3.88. The van der Waals surface area contributed by atoms with Crippen molar-refractivity contribution in [2.75, 3.05) is 40.3 Å². The Morgan fingerprint density at radius 1 is 1.22 bits per heavy atom. The predicted molar refractivity (Wildman–Crippen MR) is 98.4 cm³/mol. The van der Waals surface area contributed by atoms with Crippen LogP contribution in [0, 0.1) is 5.82 Å². The first kappa shape index (κ1) is 19.5. The van der Waals surface area contributed by atoms with Crippen LogP contribution in [-0.4, -0.2) is 72.7 Å². The van der Waals surface area contributed by atoms with Crippen molar-refractivity contribution in [2.45, 2.75) is 31.1 Å². The van der Waals surface area contributed by atoms with Crippen LogP contribution in [0.4, 0.5) is 4.39 Å². The first-order chi connectivity index (χ1) is 12.8. The molecule has 3 amide bonds. The number of likely N-dealkylation sites (tertiary alicyclic amines) is 2. The molecule has 1 atom stereocenters. The lowest BCUT2D eigenvalue weighted by molar-refractivity contribution is -0.142. The van der Waals surface area contributed by atoms with E-state index in [2.05, 4.69) is 0 Å². The van der Waals surface area contributed by atoms with Gasteiger partial charge in [-0.3, -0.25) is 19.3 Å². The molecule has 0 saturated carbocycles. The van der Waals surface area contributed by atoms with E-state index in [4.69, 9.17) is 0 Å². The lowest BCUT2D eigenvalue weighted by atomic mass is 9.75. The zero-order chi connectivity index (χ0) is 19.6. The van der Waals surface area contributed by atoms with Crippen molar-refractivity contribution < 1.29 is 18.8 Å². The average molecular weight is 375 g/mol.